The molecule has 0 amide bonds. The highest BCUT2D eigenvalue weighted by molar-refractivity contribution is 5.88. The molecule has 0 spiro atoms. The number of hydrogen-bond acceptors (Lipinski definition) is 0. The van der Waals surface area contributed by atoms with Crippen molar-refractivity contribution in [2.45, 2.75) is 20.8 Å². The van der Waals surface area contributed by atoms with Crippen LogP contribution in [0.1, 0.15) is 31.9 Å². The van der Waals surface area contributed by atoms with Gasteiger partial charge in [0.05, 0.1) is 0 Å². The summed E-state index contributed by atoms with van der Waals surface area (Å²) in [6, 6.07) is 13.1. The molecule has 0 heterocycles. The van der Waals surface area contributed by atoms with Gasteiger partial charge in [0.1, 0.15) is 0 Å². The van der Waals surface area contributed by atoms with Gasteiger partial charge in [-0.3, -0.25) is 0 Å². The summed E-state index contributed by atoms with van der Waals surface area (Å²) in [5.74, 6) is 0.524. The van der Waals surface area contributed by atoms with Crippen LogP contribution in [0.3, 0.4) is 0 Å². The van der Waals surface area contributed by atoms with E-state index >= 15 is 0 Å². The lowest BCUT2D eigenvalue weighted by molar-refractivity contribution is 0.954. The monoisotopic (exact) mass is 236 g/mol. The van der Waals surface area contributed by atoms with Gasteiger partial charge in [-0.1, -0.05) is 69.3 Å². The van der Waals surface area contributed by atoms with Crippen LogP contribution < -0.4 is 0 Å². The maximum atomic E-state index is 2.27. The Balaban J connectivity index is 0.000000574. The lowest BCUT2D eigenvalue weighted by Crippen LogP contribution is -1.81. The second-order valence-electron chi connectivity index (χ2n) is 4.41. The number of fused-ring (bicyclic) bond motifs is 2. The second kappa shape index (κ2) is 5.68. The highest BCUT2D eigenvalue weighted by Crippen LogP contribution is 2.25. The Kier molecular flexibility index (Phi) is 3.99. The summed E-state index contributed by atoms with van der Waals surface area (Å²) in [5, 5.41) is 2.63. The van der Waals surface area contributed by atoms with Gasteiger partial charge in [0.2, 0.25) is 0 Å². The van der Waals surface area contributed by atoms with Crippen molar-refractivity contribution < 1.29 is 0 Å². The fourth-order valence-corrected chi connectivity index (χ4v) is 2.14. The molecule has 18 heavy (non-hydrogen) atoms. The summed E-state index contributed by atoms with van der Waals surface area (Å²) in [4.78, 5) is 0. The SMILES string of the molecule is CC.CC1C=Cc2cc3ccccc3cc2C=C1. The molecule has 1 aliphatic carbocycles. The Labute approximate surface area is 110 Å². The van der Waals surface area contributed by atoms with Crippen LogP contribution in [0.5, 0.6) is 0 Å². The van der Waals surface area contributed by atoms with Crippen LogP contribution in [0.25, 0.3) is 22.9 Å². The van der Waals surface area contributed by atoms with Gasteiger partial charge >= 0.3 is 0 Å². The molecular weight excluding hydrogens is 216 g/mol. The Morgan fingerprint density at radius 1 is 0.778 bits per heavy atom. The van der Waals surface area contributed by atoms with Crippen LogP contribution in [0.2, 0.25) is 0 Å². The van der Waals surface area contributed by atoms with Crippen LogP contribution >= 0.6 is 0 Å². The van der Waals surface area contributed by atoms with Gasteiger partial charge in [0, 0.05) is 0 Å². The van der Waals surface area contributed by atoms with Gasteiger partial charge in [-0.2, -0.15) is 0 Å². The zero-order valence-electron chi connectivity index (χ0n) is 11.4. The zero-order valence-corrected chi connectivity index (χ0v) is 11.4. The van der Waals surface area contributed by atoms with Gasteiger partial charge in [-0.15, -0.1) is 0 Å². The maximum Gasteiger partial charge on any atom is -0.00752 e. The summed E-state index contributed by atoms with van der Waals surface area (Å²) in [5.41, 5.74) is 2.64. The van der Waals surface area contributed by atoms with E-state index in [2.05, 4.69) is 67.6 Å². The predicted octanol–water partition coefficient (Wildman–Crippen LogP) is 5.54. The third-order valence-corrected chi connectivity index (χ3v) is 3.11. The topological polar surface area (TPSA) is 0 Å². The summed E-state index contributed by atoms with van der Waals surface area (Å²) in [6.45, 7) is 6.21. The van der Waals surface area contributed by atoms with Crippen molar-refractivity contribution in [3.8, 4) is 0 Å². The molecule has 0 nitrogen and oxygen atoms in total. The van der Waals surface area contributed by atoms with Crippen LogP contribution in [-0.4, -0.2) is 0 Å². The van der Waals surface area contributed by atoms with E-state index in [1.54, 1.807) is 0 Å². The number of benzene rings is 2. The van der Waals surface area contributed by atoms with E-state index in [1.807, 2.05) is 13.8 Å². The Morgan fingerprint density at radius 2 is 1.22 bits per heavy atom. The van der Waals surface area contributed by atoms with Crippen molar-refractivity contribution in [3.05, 3.63) is 59.7 Å². The fraction of sp³-hybridized carbons (Fsp3) is 0.222. The normalized spacial score (nSPS) is 13.7. The first-order chi connectivity index (χ1) is 8.83. The molecule has 0 N–H and O–H groups in total. The maximum absolute atomic E-state index is 2.27. The molecule has 2 aromatic carbocycles. The van der Waals surface area contributed by atoms with Crippen molar-refractivity contribution in [2.75, 3.05) is 0 Å². The predicted molar refractivity (Wildman–Crippen MR) is 82.5 cm³/mol. The summed E-state index contributed by atoms with van der Waals surface area (Å²) in [6.07, 6.45) is 8.95. The van der Waals surface area contributed by atoms with E-state index in [0.717, 1.165) is 0 Å². The van der Waals surface area contributed by atoms with Crippen LogP contribution in [0.15, 0.2) is 48.6 Å². The van der Waals surface area contributed by atoms with Crippen molar-refractivity contribution in [3.63, 3.8) is 0 Å². The molecule has 0 fully saturated rings. The number of hydrogen-bond donors (Lipinski definition) is 0. The molecule has 0 saturated carbocycles. The standard InChI is InChI=1S/C16H14.C2H6/c1-12-6-8-15-10-13-4-2-3-5-14(13)11-16(15)9-7-12;1-2/h2-12H,1H3;1-2H3. The van der Waals surface area contributed by atoms with E-state index < -0.39 is 0 Å². The highest BCUT2D eigenvalue weighted by Gasteiger charge is 2.03. The first kappa shape index (κ1) is 12.6. The number of rotatable bonds is 0. The largest absolute Gasteiger partial charge is 0.0773 e. The van der Waals surface area contributed by atoms with E-state index in [4.69, 9.17) is 0 Å². The first-order valence-electron chi connectivity index (χ1n) is 6.72. The molecular formula is C18H20. The van der Waals surface area contributed by atoms with E-state index in [9.17, 15) is 0 Å². The molecule has 0 unspecified atom stereocenters. The molecule has 3 rings (SSSR count). The molecule has 0 aromatic heterocycles. The van der Waals surface area contributed by atoms with Crippen LogP contribution in [-0.2, 0) is 0 Å². The average molecular weight is 236 g/mol. The highest BCUT2D eigenvalue weighted by atomic mass is 14.1. The van der Waals surface area contributed by atoms with E-state index in [-0.39, 0.29) is 0 Å². The van der Waals surface area contributed by atoms with Gasteiger partial charge in [-0.25, -0.2) is 0 Å². The summed E-state index contributed by atoms with van der Waals surface area (Å²) < 4.78 is 0. The van der Waals surface area contributed by atoms with Crippen molar-refractivity contribution in [1.29, 1.82) is 0 Å². The summed E-state index contributed by atoms with van der Waals surface area (Å²) >= 11 is 0. The fourth-order valence-electron chi connectivity index (χ4n) is 2.14. The Hall–Kier alpha value is -1.82. The van der Waals surface area contributed by atoms with Gasteiger partial charge in [-0.05, 0) is 39.9 Å². The van der Waals surface area contributed by atoms with Crippen molar-refractivity contribution in [2.24, 2.45) is 5.92 Å². The van der Waals surface area contributed by atoms with Gasteiger partial charge in [0.25, 0.3) is 0 Å². The molecule has 92 valence electrons. The van der Waals surface area contributed by atoms with Gasteiger partial charge in [0.15, 0.2) is 0 Å². The molecule has 0 heteroatoms. The third kappa shape index (κ3) is 2.53. The minimum atomic E-state index is 0.524. The van der Waals surface area contributed by atoms with Crippen molar-refractivity contribution in [1.82, 2.24) is 0 Å². The van der Waals surface area contributed by atoms with E-state index in [1.165, 1.54) is 21.9 Å². The minimum absolute atomic E-state index is 0.524. The quantitative estimate of drug-likeness (QED) is 0.563. The van der Waals surface area contributed by atoms with Gasteiger partial charge < -0.3 is 0 Å². The van der Waals surface area contributed by atoms with Crippen LogP contribution in [0, 0.1) is 5.92 Å². The molecule has 0 atom stereocenters. The van der Waals surface area contributed by atoms with Crippen molar-refractivity contribution >= 4 is 22.9 Å². The zero-order chi connectivity index (χ0) is 13.0. The number of allylic oxidation sites excluding steroid dienone is 2. The molecule has 0 radical (unpaired) electrons. The molecule has 1 aliphatic rings. The lowest BCUT2D eigenvalue weighted by Gasteiger charge is -2.03. The smallest absolute Gasteiger partial charge is 0.00752 e. The molecule has 2 aromatic rings. The second-order valence-corrected chi connectivity index (χ2v) is 4.41. The third-order valence-electron chi connectivity index (χ3n) is 3.11. The molecule has 0 saturated heterocycles. The van der Waals surface area contributed by atoms with Crippen LogP contribution in [0.4, 0.5) is 0 Å². The summed E-state index contributed by atoms with van der Waals surface area (Å²) in [7, 11) is 0. The minimum Gasteiger partial charge on any atom is -0.0773 e. The lowest BCUT2D eigenvalue weighted by atomic mass is 10.0. The Morgan fingerprint density at radius 3 is 1.67 bits per heavy atom. The molecule has 0 aliphatic heterocycles. The average Bonchev–Trinajstić information content (AvgIpc) is 2.61. The Bertz CT molecular complexity index is 536. The first-order valence-corrected chi connectivity index (χ1v) is 6.72. The molecule has 0 bridgehead atoms. The van der Waals surface area contributed by atoms with E-state index in [0.29, 0.717) is 5.92 Å².